The molecule has 73 heavy (non-hydrogen) atoms. The van der Waals surface area contributed by atoms with Crippen molar-refractivity contribution in [3.05, 3.63) is 40.3 Å². The lowest BCUT2D eigenvalue weighted by Crippen LogP contribution is -2.59. The number of carbonyl (C=O) groups excluding carboxylic acids is 7. The maximum atomic E-state index is 14.4. The van der Waals surface area contributed by atoms with Crippen molar-refractivity contribution in [2.75, 3.05) is 60.3 Å². The highest BCUT2D eigenvalue weighted by atomic mass is 16.5. The number of nitrogens with one attached hydrogen (secondary N) is 5. The Morgan fingerprint density at radius 2 is 1.47 bits per heavy atom. The molecule has 0 bridgehead atoms. The van der Waals surface area contributed by atoms with Crippen LogP contribution in [0, 0.1) is 35.5 Å². The smallest absolute Gasteiger partial charge is 0.312 e. The molecule has 1 aliphatic rings. The number of urea groups is 1. The van der Waals surface area contributed by atoms with Crippen molar-refractivity contribution in [3.63, 3.8) is 0 Å². The molecule has 0 unspecified atom stereocenters. The van der Waals surface area contributed by atoms with Gasteiger partial charge in [0.25, 0.3) is 0 Å². The molecule has 11 atom stereocenters. The number of rotatable bonds is 31. The Bertz CT molecular complexity index is 1990. The standard InChI is InChI=1S/C52H90N12O9/c1-16-33(8)45(63(13)51(70)43(31(4)5)60-50(69)44(32(6)7)62(11)12)41(72-14)28-42(65)64-26-18-20-40(64)46(73-15)35(10)48(67)58-38(29-56-61-54)27-36-21-23-37(24-22-36)57-49(68)39(19-17-25-55-52(53)71)59-47(66)34(9)30(2)3/h21-24,30-35,38-41,43-46H,16-20,25-29H2,1-15H3,(H,57,68)(H,58,67)(H,59,66)(H,60,69)(H3,53,55,71)/t33-,34-,35+,38-,39-,40-,41+,43-,44-,45-,46+/m0/s1. The largest absolute Gasteiger partial charge is 0.379 e. The first-order valence-corrected chi connectivity index (χ1v) is 26.0. The first-order chi connectivity index (χ1) is 34.3. The highest BCUT2D eigenvalue weighted by Gasteiger charge is 2.43. The Kier molecular flexibility index (Phi) is 27.3. The van der Waals surface area contributed by atoms with E-state index < -0.39 is 66.3 Å². The van der Waals surface area contributed by atoms with Crippen LogP contribution in [0.2, 0.25) is 0 Å². The lowest BCUT2D eigenvalue weighted by atomic mass is 9.89. The zero-order valence-corrected chi connectivity index (χ0v) is 46.4. The molecule has 0 aliphatic carbocycles. The number of ether oxygens (including phenoxy) is 2. The van der Waals surface area contributed by atoms with Crippen molar-refractivity contribution >= 4 is 47.2 Å². The normalized spacial score (nSPS) is 17.8. The summed E-state index contributed by atoms with van der Waals surface area (Å²) in [4.78, 5) is 102. The van der Waals surface area contributed by atoms with Crippen LogP contribution in [0.1, 0.15) is 113 Å². The van der Waals surface area contributed by atoms with Crippen LogP contribution in [0.5, 0.6) is 0 Å². The molecule has 1 aliphatic heterocycles. The van der Waals surface area contributed by atoms with E-state index in [0.717, 1.165) is 5.56 Å². The van der Waals surface area contributed by atoms with Crippen molar-refractivity contribution in [2.24, 2.45) is 46.4 Å². The zero-order valence-electron chi connectivity index (χ0n) is 46.4. The van der Waals surface area contributed by atoms with Gasteiger partial charge in [-0.1, -0.05) is 92.9 Å². The van der Waals surface area contributed by atoms with Crippen LogP contribution in [0.4, 0.5) is 10.5 Å². The highest BCUT2D eigenvalue weighted by molar-refractivity contribution is 5.97. The molecule has 21 heteroatoms. The molecule has 0 saturated carbocycles. The monoisotopic (exact) mass is 1030 g/mol. The number of azide groups is 1. The summed E-state index contributed by atoms with van der Waals surface area (Å²) in [5.41, 5.74) is 15.7. The van der Waals surface area contributed by atoms with E-state index in [1.807, 2.05) is 74.4 Å². The molecular formula is C52H90N12O9. The number of methoxy groups -OCH3 is 2. The SMILES string of the molecule is CC[C@H](C)[C@@H]([C@@H](CC(=O)N1CCC[C@H]1[C@H](OC)[C@@H](C)C(=O)N[C@H](CN=[N+]=[N-])Cc1ccc(NC(=O)[C@H](CCCNC(N)=O)NC(=O)[C@@H](C)C(C)C)cc1)OC)N(C)C(=O)[C@@H](NC(=O)[C@H](C(C)C)N(C)C)C(C)C. The van der Waals surface area contributed by atoms with E-state index in [-0.39, 0.29) is 91.5 Å². The lowest BCUT2D eigenvalue weighted by molar-refractivity contribution is -0.148. The average Bonchev–Trinajstić information content (AvgIpc) is 3.82. The van der Waals surface area contributed by atoms with Crippen LogP contribution >= 0.6 is 0 Å². The second-order valence-corrected chi connectivity index (χ2v) is 21.0. The summed E-state index contributed by atoms with van der Waals surface area (Å²) in [6, 6.07) is 2.60. The predicted molar refractivity (Wildman–Crippen MR) is 283 cm³/mol. The average molecular weight is 1030 g/mol. The number of amides is 8. The fourth-order valence-electron chi connectivity index (χ4n) is 9.67. The molecule has 1 fully saturated rings. The van der Waals surface area contributed by atoms with Crippen molar-refractivity contribution < 1.29 is 43.0 Å². The second-order valence-electron chi connectivity index (χ2n) is 21.0. The topological polar surface area (TPSA) is 283 Å². The molecule has 21 nitrogen and oxygen atoms in total. The number of nitrogens with two attached hydrogens (primary N) is 1. The third kappa shape index (κ3) is 19.4. The van der Waals surface area contributed by atoms with Crippen LogP contribution in [-0.4, -0.2) is 160 Å². The highest BCUT2D eigenvalue weighted by Crippen LogP contribution is 2.30. The number of carbonyl (C=O) groups is 7. The molecule has 2 rings (SSSR count). The fourth-order valence-corrected chi connectivity index (χ4v) is 9.67. The Balaban J connectivity index is 2.25. The van der Waals surface area contributed by atoms with Gasteiger partial charge in [-0.15, -0.1) is 0 Å². The van der Waals surface area contributed by atoms with Crippen LogP contribution in [0.3, 0.4) is 0 Å². The van der Waals surface area contributed by atoms with Gasteiger partial charge in [-0.3, -0.25) is 33.7 Å². The maximum absolute atomic E-state index is 14.4. The molecular weight excluding hydrogens is 937 g/mol. The molecule has 1 aromatic rings. The quantitative estimate of drug-likeness (QED) is 0.0255. The number of likely N-dealkylation sites (tertiary alicyclic amines) is 1. The van der Waals surface area contributed by atoms with Crippen LogP contribution in [0.15, 0.2) is 29.4 Å². The van der Waals surface area contributed by atoms with E-state index in [9.17, 15) is 39.1 Å². The summed E-state index contributed by atoms with van der Waals surface area (Å²) < 4.78 is 12.1. The van der Waals surface area contributed by atoms with Crippen molar-refractivity contribution in [1.82, 2.24) is 36.0 Å². The Morgan fingerprint density at radius 3 is 1.99 bits per heavy atom. The van der Waals surface area contributed by atoms with Gasteiger partial charge < -0.3 is 51.6 Å². The van der Waals surface area contributed by atoms with Gasteiger partial charge in [0.15, 0.2) is 0 Å². The molecule has 1 saturated heterocycles. The van der Waals surface area contributed by atoms with E-state index in [1.165, 1.54) is 14.2 Å². The van der Waals surface area contributed by atoms with E-state index >= 15 is 0 Å². The maximum Gasteiger partial charge on any atom is 0.312 e. The molecule has 1 heterocycles. The third-order valence-corrected chi connectivity index (χ3v) is 14.4. The first kappa shape index (κ1) is 63.6. The molecule has 8 amide bonds. The molecule has 0 radical (unpaired) electrons. The van der Waals surface area contributed by atoms with Crippen LogP contribution < -0.4 is 32.3 Å². The first-order valence-electron chi connectivity index (χ1n) is 26.0. The Morgan fingerprint density at radius 1 is 0.836 bits per heavy atom. The predicted octanol–water partition coefficient (Wildman–Crippen LogP) is 4.84. The minimum Gasteiger partial charge on any atom is -0.379 e. The van der Waals surface area contributed by atoms with Gasteiger partial charge in [0, 0.05) is 63.5 Å². The van der Waals surface area contributed by atoms with Gasteiger partial charge in [-0.25, -0.2) is 4.79 Å². The van der Waals surface area contributed by atoms with Crippen molar-refractivity contribution in [1.29, 1.82) is 0 Å². The van der Waals surface area contributed by atoms with Crippen LogP contribution in [-0.2, 0) is 44.7 Å². The second kappa shape index (κ2) is 31.3. The van der Waals surface area contributed by atoms with Gasteiger partial charge in [0.1, 0.15) is 12.1 Å². The summed E-state index contributed by atoms with van der Waals surface area (Å²) in [6.45, 7) is 19.8. The zero-order chi connectivity index (χ0) is 55.3. The Hall–Kier alpha value is -5.50. The van der Waals surface area contributed by atoms with Gasteiger partial charge in [0.05, 0.1) is 42.7 Å². The van der Waals surface area contributed by atoms with Gasteiger partial charge in [-0.2, -0.15) is 0 Å². The lowest BCUT2D eigenvalue weighted by Gasteiger charge is -2.41. The number of anilines is 1. The molecule has 1 aromatic carbocycles. The van der Waals surface area contributed by atoms with Crippen molar-refractivity contribution in [2.45, 2.75) is 163 Å². The number of hydrogen-bond donors (Lipinski definition) is 6. The summed E-state index contributed by atoms with van der Waals surface area (Å²) in [5.74, 6) is -3.04. The summed E-state index contributed by atoms with van der Waals surface area (Å²) in [6.07, 6.45) is 1.49. The van der Waals surface area contributed by atoms with Gasteiger partial charge >= 0.3 is 6.03 Å². The van der Waals surface area contributed by atoms with E-state index in [0.29, 0.717) is 37.9 Å². The van der Waals surface area contributed by atoms with Gasteiger partial charge in [-0.05, 0) is 93.1 Å². The van der Waals surface area contributed by atoms with Crippen molar-refractivity contribution in [3.8, 4) is 0 Å². The molecule has 0 aromatic heterocycles. The third-order valence-electron chi connectivity index (χ3n) is 14.4. The molecule has 7 N–H and O–H groups in total. The summed E-state index contributed by atoms with van der Waals surface area (Å²) >= 11 is 0. The van der Waals surface area contributed by atoms with E-state index in [1.54, 1.807) is 55.0 Å². The number of hydrogen-bond acceptors (Lipinski definition) is 11. The molecule has 0 spiro atoms. The van der Waals surface area contributed by atoms with E-state index in [4.69, 9.17) is 15.2 Å². The number of likely N-dealkylation sites (N-methyl/N-ethyl adjacent to an activating group) is 2. The number of nitrogens with zero attached hydrogens (tertiary/aromatic N) is 6. The fraction of sp³-hybridized carbons (Fsp3) is 0.750. The van der Waals surface area contributed by atoms with Gasteiger partial charge in [0.2, 0.25) is 35.4 Å². The minimum atomic E-state index is -0.871. The summed E-state index contributed by atoms with van der Waals surface area (Å²) in [7, 11) is 8.44. The number of benzene rings is 1. The molecule has 412 valence electrons. The van der Waals surface area contributed by atoms with E-state index in [2.05, 4.69) is 36.6 Å². The Labute approximate surface area is 434 Å². The summed E-state index contributed by atoms with van der Waals surface area (Å²) in [5, 5.41) is 18.0. The minimum absolute atomic E-state index is 0.0124. The van der Waals surface area contributed by atoms with Crippen LogP contribution in [0.25, 0.3) is 10.4 Å². The number of primary amides is 1.